The highest BCUT2D eigenvalue weighted by molar-refractivity contribution is 5.76. The first-order valence-corrected chi connectivity index (χ1v) is 34.4. The zero-order chi connectivity index (χ0) is 54.3. The van der Waals surface area contributed by atoms with E-state index >= 15 is 0 Å². The van der Waals surface area contributed by atoms with Crippen molar-refractivity contribution in [2.24, 2.45) is 0 Å². The van der Waals surface area contributed by atoms with Crippen molar-refractivity contribution in [3.05, 3.63) is 12.2 Å². The molecule has 0 spiro atoms. The molecule has 6 heteroatoms. The van der Waals surface area contributed by atoms with Crippen LogP contribution in [-0.2, 0) is 14.3 Å². The average molecular weight is 1060 g/mol. The maximum Gasteiger partial charge on any atom is 0.305 e. The monoisotopic (exact) mass is 1060 g/mol. The normalized spacial score (nSPS) is 12.5. The second kappa shape index (κ2) is 65.1. The molecule has 0 bridgehead atoms. The number of aliphatic hydroxyl groups excluding tert-OH is 2. The zero-order valence-electron chi connectivity index (χ0n) is 51.1. The van der Waals surface area contributed by atoms with Crippen LogP contribution in [-0.4, -0.2) is 47.4 Å². The minimum Gasteiger partial charge on any atom is -0.466 e. The predicted molar refractivity (Wildman–Crippen MR) is 329 cm³/mol. The first kappa shape index (κ1) is 73.6. The van der Waals surface area contributed by atoms with Gasteiger partial charge < -0.3 is 20.3 Å². The second-order valence-corrected chi connectivity index (χ2v) is 23.9. The Kier molecular flexibility index (Phi) is 63.9. The summed E-state index contributed by atoms with van der Waals surface area (Å²) in [5.74, 6) is -0.0309. The van der Waals surface area contributed by atoms with Gasteiger partial charge in [0, 0.05) is 12.8 Å². The lowest BCUT2D eigenvalue weighted by Crippen LogP contribution is -2.45. The van der Waals surface area contributed by atoms with Gasteiger partial charge in [0.05, 0.1) is 25.4 Å². The van der Waals surface area contributed by atoms with Crippen LogP contribution in [0.15, 0.2) is 12.2 Å². The van der Waals surface area contributed by atoms with E-state index in [1.165, 1.54) is 315 Å². The summed E-state index contributed by atoms with van der Waals surface area (Å²) in [5, 5.41) is 23.4. The summed E-state index contributed by atoms with van der Waals surface area (Å²) in [6.45, 7) is 4.97. The first-order chi connectivity index (χ1) is 37.0. The predicted octanol–water partition coefficient (Wildman–Crippen LogP) is 22.0. The maximum absolute atomic E-state index is 12.6. The van der Waals surface area contributed by atoms with Crippen LogP contribution < -0.4 is 5.32 Å². The maximum atomic E-state index is 12.6. The van der Waals surface area contributed by atoms with Crippen LogP contribution in [0.3, 0.4) is 0 Å². The number of carbonyl (C=O) groups excluding carboxylic acids is 2. The molecule has 0 radical (unpaired) electrons. The van der Waals surface area contributed by atoms with Crippen molar-refractivity contribution in [2.75, 3.05) is 13.2 Å². The molecule has 75 heavy (non-hydrogen) atoms. The average Bonchev–Trinajstić information content (AvgIpc) is 3.41. The van der Waals surface area contributed by atoms with Crippen LogP contribution in [0.25, 0.3) is 0 Å². The summed E-state index contributed by atoms with van der Waals surface area (Å²) < 4.78 is 5.48. The molecular formula is C69H135NO5. The van der Waals surface area contributed by atoms with Gasteiger partial charge in [-0.25, -0.2) is 0 Å². The van der Waals surface area contributed by atoms with Crippen molar-refractivity contribution in [1.82, 2.24) is 5.32 Å². The van der Waals surface area contributed by atoms with Gasteiger partial charge in [0.2, 0.25) is 5.91 Å². The van der Waals surface area contributed by atoms with Crippen LogP contribution in [0.4, 0.5) is 0 Å². The van der Waals surface area contributed by atoms with Crippen molar-refractivity contribution in [2.45, 2.75) is 405 Å². The smallest absolute Gasteiger partial charge is 0.305 e. The van der Waals surface area contributed by atoms with Crippen LogP contribution in [0.5, 0.6) is 0 Å². The standard InChI is InChI=1S/C69H135NO5/c1-3-5-7-9-11-13-15-17-19-20-21-22-23-24-25-26-28-31-34-37-41-45-49-53-57-61-67(72)66(65-71)70-68(73)62-58-54-50-46-42-38-35-32-29-27-30-33-36-40-44-48-52-56-60-64-75-69(74)63-59-55-51-47-43-39-18-16-14-12-10-8-6-4-2/h16,18,66-67,71-72H,3-15,17,19-65H2,1-2H3,(H,70,73)/b18-16-. The number of hydrogen-bond donors (Lipinski definition) is 3. The first-order valence-electron chi connectivity index (χ1n) is 34.4. The van der Waals surface area contributed by atoms with E-state index in [4.69, 9.17) is 4.74 Å². The van der Waals surface area contributed by atoms with Gasteiger partial charge in [0.15, 0.2) is 0 Å². The van der Waals surface area contributed by atoms with Gasteiger partial charge in [-0.2, -0.15) is 0 Å². The molecule has 6 nitrogen and oxygen atoms in total. The lowest BCUT2D eigenvalue weighted by Gasteiger charge is -2.22. The fourth-order valence-corrected chi connectivity index (χ4v) is 11.1. The van der Waals surface area contributed by atoms with Gasteiger partial charge in [-0.15, -0.1) is 0 Å². The van der Waals surface area contributed by atoms with Gasteiger partial charge in [-0.1, -0.05) is 341 Å². The largest absolute Gasteiger partial charge is 0.466 e. The van der Waals surface area contributed by atoms with Crippen LogP contribution >= 0.6 is 0 Å². The van der Waals surface area contributed by atoms with E-state index in [2.05, 4.69) is 31.3 Å². The molecule has 0 rings (SSSR count). The molecule has 0 heterocycles. The van der Waals surface area contributed by atoms with Gasteiger partial charge in [-0.3, -0.25) is 9.59 Å². The molecule has 0 fully saturated rings. The van der Waals surface area contributed by atoms with E-state index in [9.17, 15) is 19.8 Å². The van der Waals surface area contributed by atoms with Gasteiger partial charge in [-0.05, 0) is 51.4 Å². The highest BCUT2D eigenvalue weighted by atomic mass is 16.5. The van der Waals surface area contributed by atoms with Crippen molar-refractivity contribution < 1.29 is 24.5 Å². The van der Waals surface area contributed by atoms with Crippen molar-refractivity contribution in [3.63, 3.8) is 0 Å². The van der Waals surface area contributed by atoms with E-state index in [0.29, 0.717) is 25.9 Å². The molecule has 0 aliphatic heterocycles. The number of unbranched alkanes of at least 4 members (excludes halogenated alkanes) is 52. The SMILES string of the molecule is CCCCCCC/C=C\CCCCCCCC(=O)OCCCCCCCCCCCCCCCCCCCCCC(=O)NC(CO)C(O)CCCCCCCCCCCCCCCCCCCCCCCCCCC. The molecule has 3 N–H and O–H groups in total. The molecule has 0 aliphatic rings. The van der Waals surface area contributed by atoms with Gasteiger partial charge in [0.1, 0.15) is 0 Å². The zero-order valence-corrected chi connectivity index (χ0v) is 51.1. The van der Waals surface area contributed by atoms with Crippen molar-refractivity contribution >= 4 is 11.9 Å². The minimum atomic E-state index is -0.667. The summed E-state index contributed by atoms with van der Waals surface area (Å²) in [7, 11) is 0. The minimum absolute atomic E-state index is 0.00188. The molecule has 0 aromatic heterocycles. The third kappa shape index (κ3) is 61.7. The fraction of sp³-hybridized carbons (Fsp3) is 0.942. The number of aliphatic hydroxyl groups is 2. The van der Waals surface area contributed by atoms with E-state index < -0.39 is 12.1 Å². The van der Waals surface area contributed by atoms with E-state index in [1.54, 1.807) is 0 Å². The Hall–Kier alpha value is -1.40. The summed E-state index contributed by atoms with van der Waals surface area (Å²) in [4.78, 5) is 24.6. The molecule has 446 valence electrons. The number of amides is 1. The Labute approximate surface area is 469 Å². The number of hydrogen-bond acceptors (Lipinski definition) is 5. The Morgan fingerprint density at radius 2 is 0.627 bits per heavy atom. The number of nitrogens with one attached hydrogen (secondary N) is 1. The lowest BCUT2D eigenvalue weighted by atomic mass is 10.0. The highest BCUT2D eigenvalue weighted by Gasteiger charge is 2.20. The number of ether oxygens (including phenoxy) is 1. The molecule has 0 aromatic rings. The summed E-state index contributed by atoms with van der Waals surface area (Å²) in [6, 6.07) is -0.545. The number of carbonyl (C=O) groups is 2. The Balaban J connectivity index is 3.39. The summed E-state index contributed by atoms with van der Waals surface area (Å²) >= 11 is 0. The number of allylic oxidation sites excluding steroid dienone is 2. The Morgan fingerprint density at radius 3 is 0.947 bits per heavy atom. The molecule has 0 saturated heterocycles. The molecule has 2 unspecified atom stereocenters. The van der Waals surface area contributed by atoms with E-state index in [-0.39, 0.29) is 18.5 Å². The lowest BCUT2D eigenvalue weighted by molar-refractivity contribution is -0.143. The molecule has 1 amide bonds. The topological polar surface area (TPSA) is 95.9 Å². The van der Waals surface area contributed by atoms with Crippen molar-refractivity contribution in [3.8, 4) is 0 Å². The Morgan fingerprint density at radius 1 is 0.360 bits per heavy atom. The number of esters is 1. The molecule has 0 aromatic carbocycles. The van der Waals surface area contributed by atoms with E-state index in [0.717, 1.165) is 44.9 Å². The van der Waals surface area contributed by atoms with Gasteiger partial charge >= 0.3 is 5.97 Å². The van der Waals surface area contributed by atoms with Crippen LogP contribution in [0.1, 0.15) is 393 Å². The second-order valence-electron chi connectivity index (χ2n) is 23.9. The van der Waals surface area contributed by atoms with E-state index in [1.807, 2.05) is 0 Å². The summed E-state index contributed by atoms with van der Waals surface area (Å²) in [6.07, 6.45) is 79.6. The molecule has 0 aliphatic carbocycles. The molecule has 0 saturated carbocycles. The Bertz CT molecular complexity index is 1130. The molecule has 2 atom stereocenters. The van der Waals surface area contributed by atoms with Crippen LogP contribution in [0.2, 0.25) is 0 Å². The highest BCUT2D eigenvalue weighted by Crippen LogP contribution is 2.19. The quantitative estimate of drug-likeness (QED) is 0.0320. The fourth-order valence-electron chi connectivity index (χ4n) is 11.1. The van der Waals surface area contributed by atoms with Crippen LogP contribution in [0, 0.1) is 0 Å². The molecular weight excluding hydrogens is 923 g/mol. The summed E-state index contributed by atoms with van der Waals surface area (Å²) in [5.41, 5.74) is 0. The van der Waals surface area contributed by atoms with Gasteiger partial charge in [0.25, 0.3) is 0 Å². The van der Waals surface area contributed by atoms with Crippen molar-refractivity contribution in [1.29, 1.82) is 0 Å². The third-order valence-electron chi connectivity index (χ3n) is 16.3. The number of rotatable bonds is 65. The third-order valence-corrected chi connectivity index (χ3v) is 16.3.